The van der Waals surface area contributed by atoms with Gasteiger partial charge in [0.1, 0.15) is 0 Å². The maximum atomic E-state index is 12.1. The quantitative estimate of drug-likeness (QED) is 0.471. The van der Waals surface area contributed by atoms with Crippen molar-refractivity contribution in [2.75, 3.05) is 0 Å². The van der Waals surface area contributed by atoms with Crippen molar-refractivity contribution in [1.29, 1.82) is 0 Å². The highest BCUT2D eigenvalue weighted by molar-refractivity contribution is 5.42. The molecule has 0 amide bonds. The van der Waals surface area contributed by atoms with Crippen LogP contribution < -0.4 is 0 Å². The molecule has 0 aliphatic rings. The maximum absolute atomic E-state index is 12.1. The number of halogens is 3. The van der Waals surface area contributed by atoms with Crippen molar-refractivity contribution < 1.29 is 13.2 Å². The van der Waals surface area contributed by atoms with Crippen LogP contribution in [0.4, 0.5) is 13.2 Å². The molecule has 0 aromatic heterocycles. The van der Waals surface area contributed by atoms with Gasteiger partial charge in [0, 0.05) is 11.1 Å². The fraction of sp³-hybridized carbons (Fsp3) is 0.273. The normalized spacial score (nSPS) is 13.2. The molecule has 0 nitrogen and oxygen atoms in total. The lowest BCUT2D eigenvalue weighted by molar-refractivity contribution is -0.0913. The molecule has 0 fully saturated rings. The van der Waals surface area contributed by atoms with Gasteiger partial charge >= 0.3 is 6.18 Å². The summed E-state index contributed by atoms with van der Waals surface area (Å²) in [6, 6.07) is 0. The molecule has 0 rings (SSSR count). The van der Waals surface area contributed by atoms with Crippen LogP contribution in [-0.4, -0.2) is 6.18 Å². The Morgan fingerprint density at radius 1 is 1.36 bits per heavy atom. The van der Waals surface area contributed by atoms with Crippen LogP contribution in [0.25, 0.3) is 0 Å². The van der Waals surface area contributed by atoms with Crippen LogP contribution in [-0.2, 0) is 0 Å². The van der Waals surface area contributed by atoms with E-state index in [1.165, 1.54) is 12.2 Å². The zero-order valence-corrected chi connectivity index (χ0v) is 8.07. The Labute approximate surface area is 81.8 Å². The Morgan fingerprint density at radius 2 is 1.93 bits per heavy atom. The van der Waals surface area contributed by atoms with Crippen molar-refractivity contribution in [3.63, 3.8) is 0 Å². The lowest BCUT2D eigenvalue weighted by atomic mass is 10.1. The highest BCUT2D eigenvalue weighted by atomic mass is 19.4. The minimum absolute atomic E-state index is 0.303. The van der Waals surface area contributed by atoms with Gasteiger partial charge in [0.2, 0.25) is 0 Å². The number of hydrogen-bond acceptors (Lipinski definition) is 0. The van der Waals surface area contributed by atoms with E-state index in [-0.39, 0.29) is 0 Å². The Balaban J connectivity index is 4.98. The molecule has 0 saturated carbocycles. The standard InChI is InChI=1S/C11H11F3/c1-4-6-10(7-5-2)8-9(3)11(12,13)14/h4,6,8H,1H2,2-3H3/b9-8+,10-6-. The second kappa shape index (κ2) is 5.33. The van der Waals surface area contributed by atoms with E-state index in [4.69, 9.17) is 0 Å². The van der Waals surface area contributed by atoms with Crippen molar-refractivity contribution in [3.05, 3.63) is 36.0 Å². The zero-order chi connectivity index (χ0) is 11.2. The molecule has 0 N–H and O–H groups in total. The van der Waals surface area contributed by atoms with Crippen LogP contribution in [0.3, 0.4) is 0 Å². The molecular weight excluding hydrogens is 189 g/mol. The van der Waals surface area contributed by atoms with Gasteiger partial charge < -0.3 is 0 Å². The van der Waals surface area contributed by atoms with Gasteiger partial charge in [-0.3, -0.25) is 0 Å². The van der Waals surface area contributed by atoms with Crippen LogP contribution in [0.2, 0.25) is 0 Å². The summed E-state index contributed by atoms with van der Waals surface area (Å²) in [5, 5.41) is 0. The molecule has 0 bridgehead atoms. The molecule has 0 saturated heterocycles. The first kappa shape index (κ1) is 12.6. The summed E-state index contributed by atoms with van der Waals surface area (Å²) in [4.78, 5) is 0. The van der Waals surface area contributed by atoms with Crippen molar-refractivity contribution in [2.45, 2.75) is 20.0 Å². The molecule has 0 atom stereocenters. The third-order valence-electron chi connectivity index (χ3n) is 1.39. The second-order valence-corrected chi connectivity index (χ2v) is 2.56. The van der Waals surface area contributed by atoms with Crippen molar-refractivity contribution >= 4 is 0 Å². The molecule has 0 spiro atoms. The smallest absolute Gasteiger partial charge is 0.166 e. The van der Waals surface area contributed by atoms with Crippen molar-refractivity contribution in [3.8, 4) is 11.8 Å². The van der Waals surface area contributed by atoms with E-state index in [2.05, 4.69) is 18.4 Å². The molecule has 0 aromatic rings. The first-order valence-corrected chi connectivity index (χ1v) is 3.92. The van der Waals surface area contributed by atoms with E-state index in [9.17, 15) is 13.2 Å². The van der Waals surface area contributed by atoms with Crippen LogP contribution in [0.15, 0.2) is 36.0 Å². The lowest BCUT2D eigenvalue weighted by Gasteiger charge is -2.05. The summed E-state index contributed by atoms with van der Waals surface area (Å²) in [7, 11) is 0. The molecule has 14 heavy (non-hydrogen) atoms. The summed E-state index contributed by atoms with van der Waals surface area (Å²) in [5.74, 6) is 5.08. The fourth-order valence-electron chi connectivity index (χ4n) is 0.712. The summed E-state index contributed by atoms with van der Waals surface area (Å²) < 4.78 is 36.4. The minimum atomic E-state index is -4.30. The van der Waals surface area contributed by atoms with Crippen LogP contribution >= 0.6 is 0 Å². The molecule has 76 valence electrons. The predicted octanol–water partition coefficient (Wildman–Crippen LogP) is 3.63. The summed E-state index contributed by atoms with van der Waals surface area (Å²) in [5.41, 5.74) is -0.370. The third-order valence-corrected chi connectivity index (χ3v) is 1.39. The summed E-state index contributed by atoms with van der Waals surface area (Å²) in [6.45, 7) is 5.97. The number of alkyl halides is 3. The topological polar surface area (TPSA) is 0 Å². The average Bonchev–Trinajstić information content (AvgIpc) is 2.03. The Bertz CT molecular complexity index is 319. The number of allylic oxidation sites excluding steroid dienone is 5. The average molecular weight is 200 g/mol. The van der Waals surface area contributed by atoms with Gasteiger partial charge in [-0.15, -0.1) is 5.92 Å². The highest BCUT2D eigenvalue weighted by Crippen LogP contribution is 2.25. The highest BCUT2D eigenvalue weighted by Gasteiger charge is 2.29. The van der Waals surface area contributed by atoms with Gasteiger partial charge in [0.25, 0.3) is 0 Å². The van der Waals surface area contributed by atoms with E-state index in [1.807, 2.05) is 0 Å². The molecular formula is C11H11F3. The third kappa shape index (κ3) is 4.56. The second-order valence-electron chi connectivity index (χ2n) is 2.56. The van der Waals surface area contributed by atoms with Crippen LogP contribution in [0.5, 0.6) is 0 Å². The predicted molar refractivity (Wildman–Crippen MR) is 51.5 cm³/mol. The summed E-state index contributed by atoms with van der Waals surface area (Å²) >= 11 is 0. The Hall–Kier alpha value is -1.43. The lowest BCUT2D eigenvalue weighted by Crippen LogP contribution is -2.08. The monoisotopic (exact) mass is 200 g/mol. The molecule has 0 radical (unpaired) electrons. The van der Waals surface area contributed by atoms with Gasteiger partial charge in [-0.25, -0.2) is 0 Å². The van der Waals surface area contributed by atoms with E-state index in [1.54, 1.807) is 6.92 Å². The van der Waals surface area contributed by atoms with Gasteiger partial charge in [-0.1, -0.05) is 18.6 Å². The first-order valence-electron chi connectivity index (χ1n) is 3.92. The largest absolute Gasteiger partial charge is 0.412 e. The van der Waals surface area contributed by atoms with Gasteiger partial charge in [0.05, 0.1) is 0 Å². The van der Waals surface area contributed by atoms with E-state index >= 15 is 0 Å². The Kier molecular flexibility index (Phi) is 4.79. The van der Waals surface area contributed by atoms with Gasteiger partial charge in [0.15, 0.2) is 0 Å². The Morgan fingerprint density at radius 3 is 2.29 bits per heavy atom. The first-order chi connectivity index (χ1) is 6.41. The van der Waals surface area contributed by atoms with Crippen LogP contribution in [0, 0.1) is 11.8 Å². The van der Waals surface area contributed by atoms with Gasteiger partial charge in [-0.05, 0) is 26.0 Å². The number of rotatable bonds is 2. The fourth-order valence-corrected chi connectivity index (χ4v) is 0.712. The molecule has 0 heterocycles. The molecule has 0 aliphatic heterocycles. The van der Waals surface area contributed by atoms with Crippen molar-refractivity contribution in [1.82, 2.24) is 0 Å². The van der Waals surface area contributed by atoms with Gasteiger partial charge in [-0.2, -0.15) is 13.2 Å². The van der Waals surface area contributed by atoms with E-state index < -0.39 is 11.7 Å². The summed E-state index contributed by atoms with van der Waals surface area (Å²) in [6.07, 6.45) is -0.459. The molecule has 0 aromatic carbocycles. The minimum Gasteiger partial charge on any atom is -0.166 e. The number of hydrogen-bond donors (Lipinski definition) is 0. The SMILES string of the molecule is C=C/C=C(C#CC)\C=C(/C)C(F)(F)F. The zero-order valence-electron chi connectivity index (χ0n) is 8.07. The van der Waals surface area contributed by atoms with E-state index in [0.29, 0.717) is 5.57 Å². The molecule has 3 heteroatoms. The van der Waals surface area contributed by atoms with Crippen LogP contribution in [0.1, 0.15) is 13.8 Å². The maximum Gasteiger partial charge on any atom is 0.412 e. The molecule has 0 unspecified atom stereocenters. The molecule has 0 aliphatic carbocycles. The van der Waals surface area contributed by atoms with Crippen molar-refractivity contribution in [2.24, 2.45) is 0 Å². The van der Waals surface area contributed by atoms with E-state index in [0.717, 1.165) is 13.0 Å².